The van der Waals surface area contributed by atoms with Crippen molar-refractivity contribution in [2.75, 3.05) is 205 Å². The number of hydrogen-bond donors (Lipinski definition) is 6. The highest BCUT2D eigenvalue weighted by molar-refractivity contribution is 7.89. The normalized spacial score (nSPS) is 16.4. The van der Waals surface area contributed by atoms with Crippen molar-refractivity contribution in [3.8, 4) is 22.5 Å². The van der Waals surface area contributed by atoms with Crippen LogP contribution < -0.4 is 31.9 Å². The van der Waals surface area contributed by atoms with Crippen LogP contribution >= 0.6 is 34.8 Å². The van der Waals surface area contributed by atoms with E-state index in [1.165, 1.54) is 49.2 Å². The maximum absolute atomic E-state index is 14.9. The molecule has 10 heterocycles. The number of sulfonamides is 2. The van der Waals surface area contributed by atoms with E-state index in [1.807, 2.05) is 105 Å². The number of likely N-dealkylation sites (N-methyl/N-ethyl adjacent to an activating group) is 4. The minimum absolute atomic E-state index is 0.00113. The summed E-state index contributed by atoms with van der Waals surface area (Å²) in [7, 11) is 4.40. The van der Waals surface area contributed by atoms with Crippen LogP contribution in [0, 0.1) is 25.5 Å². The molecule has 0 spiro atoms. The highest BCUT2D eigenvalue weighted by Crippen LogP contribution is 2.38. The van der Waals surface area contributed by atoms with Gasteiger partial charge < -0.3 is 56.4 Å². The molecule has 726 valence electrons. The lowest BCUT2D eigenvalue weighted by atomic mass is 10.1. The number of benzene rings is 8. The maximum Gasteiger partial charge on any atom is 0.255 e. The summed E-state index contributed by atoms with van der Waals surface area (Å²) < 4.78 is 84.8. The van der Waals surface area contributed by atoms with Crippen molar-refractivity contribution in [2.24, 2.45) is 0 Å². The average Bonchev–Trinajstić information content (AvgIpc) is 1.44. The minimum atomic E-state index is -4.01. The number of rotatable bonds is 27. The van der Waals surface area contributed by atoms with Gasteiger partial charge in [0.1, 0.15) is 27.2 Å². The molecule has 138 heavy (non-hydrogen) atoms. The van der Waals surface area contributed by atoms with E-state index in [4.69, 9.17) is 39.8 Å². The molecule has 30 nitrogen and oxygen atoms in total. The number of aryl methyl sites for hydroxylation is 2. The van der Waals surface area contributed by atoms with Gasteiger partial charge in [-0.15, -0.1) is 0 Å². The van der Waals surface area contributed by atoms with E-state index in [2.05, 4.69) is 195 Å². The molecule has 0 atom stereocenters. The molecule has 37 heteroatoms. The van der Waals surface area contributed by atoms with Crippen molar-refractivity contribution < 1.29 is 30.4 Å². The van der Waals surface area contributed by atoms with Crippen molar-refractivity contribution in [1.82, 2.24) is 92.6 Å². The summed E-state index contributed by atoms with van der Waals surface area (Å²) in [6.07, 6.45) is 9.22. The predicted molar refractivity (Wildman–Crippen MR) is 547 cm³/mol. The van der Waals surface area contributed by atoms with Crippen LogP contribution in [0.25, 0.3) is 22.5 Å². The lowest BCUT2D eigenvalue weighted by Gasteiger charge is -2.32. The summed E-state index contributed by atoms with van der Waals surface area (Å²) in [4.78, 5) is 68.5. The van der Waals surface area contributed by atoms with E-state index < -0.39 is 31.7 Å². The number of carbonyl (C=O) groups excluding carboxylic acids is 1. The molecule has 4 aromatic heterocycles. The Balaban J connectivity index is 0.000000140. The second-order valence-corrected chi connectivity index (χ2v) is 40.9. The third kappa shape index (κ3) is 27.8. The first-order valence-electron chi connectivity index (χ1n) is 46.5. The lowest BCUT2D eigenvalue weighted by Crippen LogP contribution is -2.43. The summed E-state index contributed by atoms with van der Waals surface area (Å²) in [5.41, 5.74) is 13.7. The van der Waals surface area contributed by atoms with E-state index >= 15 is 0 Å². The van der Waals surface area contributed by atoms with E-state index in [9.17, 15) is 30.4 Å². The first-order chi connectivity index (χ1) is 66.5. The van der Waals surface area contributed by atoms with Crippen LogP contribution in [0.4, 0.5) is 78.3 Å². The molecule has 0 saturated carbocycles. The number of anilines is 12. The summed E-state index contributed by atoms with van der Waals surface area (Å²) in [6.45, 7) is 26.8. The summed E-state index contributed by atoms with van der Waals surface area (Å²) in [6, 6.07) is 56.1. The summed E-state index contributed by atoms with van der Waals surface area (Å²) in [5.74, 6) is 0.889. The maximum atomic E-state index is 14.9. The van der Waals surface area contributed by atoms with Crippen LogP contribution in [-0.4, -0.2) is 289 Å². The van der Waals surface area contributed by atoms with Crippen molar-refractivity contribution >= 4 is 130 Å². The quantitative estimate of drug-likeness (QED) is 0.0279. The zero-order chi connectivity index (χ0) is 97.0. The molecule has 6 fully saturated rings. The molecule has 6 aliphatic heterocycles. The highest BCUT2D eigenvalue weighted by Gasteiger charge is 2.34. The van der Waals surface area contributed by atoms with Crippen LogP contribution in [0.1, 0.15) is 69.4 Å². The van der Waals surface area contributed by atoms with Crippen LogP contribution in [0.5, 0.6) is 0 Å². The number of nitrogens with zero attached hydrogens (tertiary/aromatic N) is 19. The Kier molecular flexibility index (Phi) is 34.8. The zero-order valence-corrected chi connectivity index (χ0v) is 83.1. The predicted octanol–water partition coefficient (Wildman–Crippen LogP) is 16.8. The fraction of sp³-hybridized carbons (Fsp3) is 0.356. The first-order valence-corrected chi connectivity index (χ1v) is 50.5. The van der Waals surface area contributed by atoms with E-state index in [1.54, 1.807) is 37.3 Å². The van der Waals surface area contributed by atoms with Gasteiger partial charge in [-0.05, 0) is 205 Å². The number of halogens is 5. The Morgan fingerprint density at radius 1 is 0.377 bits per heavy atom. The summed E-state index contributed by atoms with van der Waals surface area (Å²) in [5, 5.41) is 20.6. The summed E-state index contributed by atoms with van der Waals surface area (Å²) >= 11 is 18.7. The Morgan fingerprint density at radius 2 is 0.768 bits per heavy atom. The minimum Gasteiger partial charge on any atom is -0.345 e. The molecule has 0 unspecified atom stereocenters. The second kappa shape index (κ2) is 47.5. The lowest BCUT2D eigenvalue weighted by molar-refractivity contribution is 0.0828. The molecule has 8 aromatic carbocycles. The fourth-order valence-corrected chi connectivity index (χ4v) is 20.6. The van der Waals surface area contributed by atoms with Crippen LogP contribution in [-0.2, 0) is 46.2 Å². The van der Waals surface area contributed by atoms with Crippen molar-refractivity contribution in [2.45, 2.75) is 75.5 Å². The number of amides is 1. The fourth-order valence-electron chi connectivity index (χ4n) is 16.7. The van der Waals surface area contributed by atoms with E-state index in [-0.39, 0.29) is 43.7 Å². The number of piperazine rings is 4. The Hall–Kier alpha value is -11.4. The number of hydrogen-bond acceptors (Lipinski definition) is 27. The van der Waals surface area contributed by atoms with Crippen molar-refractivity contribution in [1.29, 1.82) is 0 Å². The zero-order valence-electron chi connectivity index (χ0n) is 79.2. The van der Waals surface area contributed by atoms with Crippen molar-refractivity contribution in [3.63, 3.8) is 0 Å². The van der Waals surface area contributed by atoms with Gasteiger partial charge in [0.15, 0.2) is 11.6 Å². The highest BCUT2D eigenvalue weighted by atomic mass is 35.5. The molecule has 6 N–H and O–H groups in total. The number of carbonyl (C=O) groups is 1. The molecule has 0 aliphatic carbocycles. The monoisotopic (exact) mass is 1970 g/mol. The molecular weight excluding hydrogens is 1850 g/mol. The second-order valence-electron chi connectivity index (χ2n) is 35.8. The molecule has 18 rings (SSSR count). The number of para-hydroxylation sites is 1. The van der Waals surface area contributed by atoms with Gasteiger partial charge >= 0.3 is 0 Å². The Bertz CT molecular complexity index is 6350. The third-order valence-electron chi connectivity index (χ3n) is 25.0. The number of nitrogens with one attached hydrogen (secondary N) is 6. The molecule has 0 bridgehead atoms. The van der Waals surface area contributed by atoms with Gasteiger partial charge in [-0.25, -0.2) is 55.5 Å². The van der Waals surface area contributed by atoms with E-state index in [0.29, 0.717) is 82.5 Å². The smallest absolute Gasteiger partial charge is 0.255 e. The SMILES string of the molecule is CN1CCN(Cc2ccc(Nc3ncc(Cl)c(Nc4ccc(Cl)cc4S(=O)(=O)N4CCCC4)n3)cc2)CC1.CN1CCN(Cc2ccc(Nc3ncc(F)c(-c4ccc(F)cc4S(=O)(=O)N4CCCC4)n3)cc2)CC1.Cc1cnc(Nc2ccc(CN3CCN(C)CC3)cc2)nc1-c1cccc(Cl)c1.Cc1cnc(Nc2ccc(CN3CCN(C)CC3)cc2)nc1Nc1ccccc1C(=O)N(C)C. The van der Waals surface area contributed by atoms with Gasteiger partial charge in [0.25, 0.3) is 5.91 Å². The van der Waals surface area contributed by atoms with Gasteiger partial charge in [-0.2, -0.15) is 18.6 Å². The van der Waals surface area contributed by atoms with Crippen LogP contribution in [0.2, 0.25) is 15.1 Å². The molecule has 12 aromatic rings. The van der Waals surface area contributed by atoms with Crippen molar-refractivity contribution in [3.05, 3.63) is 272 Å². The largest absolute Gasteiger partial charge is 0.345 e. The van der Waals surface area contributed by atoms with Crippen LogP contribution in [0.3, 0.4) is 0 Å². The number of aromatic nitrogens is 8. The van der Waals surface area contributed by atoms with Gasteiger partial charge in [0.05, 0.1) is 39.9 Å². The Labute approximate surface area is 823 Å². The molecule has 1 amide bonds. The molecular formula is C101H120Cl3F2N25O5S2. The topological polar surface area (TPSA) is 296 Å². The van der Waals surface area contributed by atoms with Gasteiger partial charge in [0, 0.05) is 233 Å². The Morgan fingerprint density at radius 3 is 1.22 bits per heavy atom. The standard InChI is InChI=1S/C26H31Cl2N7O2S.C26H30F2N6O2S.C26H33N7O.C23H26ClN5/c1-33-12-14-34(15-13-33)18-19-4-7-21(8-5-19)30-26-29-17-22(28)25(32-26)31-23-9-6-20(27)16-24(23)38(36,37)35-10-2-3-11-35;1-32-12-14-33(15-13-32)18-19-4-7-21(8-5-19)30-26-29-17-23(28)25(31-26)22-9-6-20(27)16-24(22)37(35,36)34-10-2-3-11-34;1-19-17-27-26(30-24(19)29-23-8-6-5-7-22(23)25(34)31(2)3)28-21-11-9-20(10-12-21)18-33-15-13-32(4)14-16-33;1-17-15-25-23(27-22(17)19-4-3-5-20(24)14-19)26-21-8-6-18(7-9-21)16-29-12-10-28(2)11-13-29/h4-9,16-17H,2-3,10-15,18H2,1H3,(H2,29,30,31,32);4-9,16-17H,2-3,10-15,18H2,1H3,(H,29,30,31);5-12,17H,13-16,18H2,1-4H3,(H2,27,28,29,30);3-9,14-15H,10-13,16H2,1-2H3,(H,25,26,27). The molecule has 0 radical (unpaired) electrons. The average molecular weight is 1970 g/mol. The van der Waals surface area contributed by atoms with Gasteiger partial charge in [0.2, 0.25) is 43.8 Å². The van der Waals surface area contributed by atoms with E-state index in [0.717, 1.165) is 214 Å². The molecule has 6 saturated heterocycles. The van der Waals surface area contributed by atoms with Gasteiger partial charge in [-0.3, -0.25) is 24.4 Å². The molecule has 6 aliphatic rings. The van der Waals surface area contributed by atoms with Crippen LogP contribution in [0.15, 0.2) is 217 Å². The van der Waals surface area contributed by atoms with Gasteiger partial charge in [-0.1, -0.05) is 108 Å². The third-order valence-corrected chi connectivity index (χ3v) is 29.6. The first kappa shape index (κ1) is 101.